The second-order valence-electron chi connectivity index (χ2n) is 4.84. The van der Waals surface area contributed by atoms with Crippen molar-refractivity contribution in [3.8, 4) is 0 Å². The molecule has 0 spiro atoms. The van der Waals surface area contributed by atoms with Gasteiger partial charge in [0.2, 0.25) is 5.91 Å². The lowest BCUT2D eigenvalue weighted by molar-refractivity contribution is -0.121. The Morgan fingerprint density at radius 2 is 2.25 bits per heavy atom. The van der Waals surface area contributed by atoms with Gasteiger partial charge in [-0.25, -0.2) is 0 Å². The summed E-state index contributed by atoms with van der Waals surface area (Å²) in [6, 6.07) is 0.136. The minimum atomic E-state index is 0.136. The summed E-state index contributed by atoms with van der Waals surface area (Å²) in [5.41, 5.74) is 0. The van der Waals surface area contributed by atoms with Gasteiger partial charge in [0.25, 0.3) is 0 Å². The van der Waals surface area contributed by atoms with Crippen molar-refractivity contribution in [2.75, 3.05) is 11.6 Å². The average Bonchev–Trinajstić information content (AvgIpc) is 2.28. The van der Waals surface area contributed by atoms with Crippen LogP contribution in [-0.4, -0.2) is 28.8 Å². The molecule has 0 radical (unpaired) electrons. The number of hydrogen-bond donors (Lipinski definition) is 1. The van der Waals surface area contributed by atoms with Crippen LogP contribution in [0.1, 0.15) is 39.5 Å². The first-order chi connectivity index (χ1) is 7.63. The smallest absolute Gasteiger partial charge is 0.233 e. The van der Waals surface area contributed by atoms with Crippen LogP contribution in [0.2, 0.25) is 0 Å². The highest BCUT2D eigenvalue weighted by molar-refractivity contribution is 8.00. The number of thioether (sulfide) groups is 1. The van der Waals surface area contributed by atoms with Gasteiger partial charge in [-0.05, 0) is 30.9 Å². The highest BCUT2D eigenvalue weighted by Gasteiger charge is 2.23. The Kier molecular flexibility index (Phi) is 6.59. The summed E-state index contributed by atoms with van der Waals surface area (Å²) in [5.74, 6) is 2.40. The van der Waals surface area contributed by atoms with Gasteiger partial charge in [0.15, 0.2) is 0 Å². The van der Waals surface area contributed by atoms with Gasteiger partial charge in [-0.2, -0.15) is 0 Å². The van der Waals surface area contributed by atoms with E-state index in [9.17, 15) is 4.79 Å². The summed E-state index contributed by atoms with van der Waals surface area (Å²) < 4.78 is 0. The van der Waals surface area contributed by atoms with E-state index < -0.39 is 0 Å². The molecule has 2 unspecified atom stereocenters. The maximum atomic E-state index is 12.0. The largest absolute Gasteiger partial charge is 0.351 e. The number of rotatable bonds is 5. The van der Waals surface area contributed by atoms with E-state index in [-0.39, 0.29) is 17.2 Å². The van der Waals surface area contributed by atoms with E-state index in [2.05, 4.69) is 19.2 Å². The number of halogens is 1. The number of hydrogen-bond acceptors (Lipinski definition) is 2. The van der Waals surface area contributed by atoms with Gasteiger partial charge in [0, 0.05) is 11.9 Å². The first-order valence-electron chi connectivity index (χ1n) is 6.11. The fourth-order valence-electron chi connectivity index (χ4n) is 1.97. The number of carbonyl (C=O) groups excluding carboxylic acids is 1. The summed E-state index contributed by atoms with van der Waals surface area (Å²) >= 11 is 7.66. The predicted molar refractivity (Wildman–Crippen MR) is 72.2 cm³/mol. The average molecular weight is 264 g/mol. The standard InChI is InChI=1S/C12H22ClNOS/c1-9(2)7-10(8-13)14-12(15)11-5-3-4-6-16-11/h9-11H,3-8H2,1-2H3,(H,14,15). The van der Waals surface area contributed by atoms with Crippen LogP contribution < -0.4 is 5.32 Å². The maximum absolute atomic E-state index is 12.0. The number of amides is 1. The zero-order valence-electron chi connectivity index (χ0n) is 10.2. The normalized spacial score (nSPS) is 23.1. The molecule has 1 amide bonds. The van der Waals surface area contributed by atoms with Crippen LogP contribution >= 0.6 is 23.4 Å². The fraction of sp³-hybridized carbons (Fsp3) is 0.917. The first kappa shape index (κ1) is 14.2. The third-order valence-corrected chi connectivity index (χ3v) is 4.51. The number of carbonyl (C=O) groups is 1. The lowest BCUT2D eigenvalue weighted by Gasteiger charge is -2.24. The molecule has 2 atom stereocenters. The van der Waals surface area contributed by atoms with Crippen molar-refractivity contribution in [2.45, 2.75) is 50.8 Å². The molecule has 16 heavy (non-hydrogen) atoms. The molecule has 1 rings (SSSR count). The molecule has 1 aliphatic rings. The summed E-state index contributed by atoms with van der Waals surface area (Å²) in [5, 5.41) is 3.23. The lowest BCUT2D eigenvalue weighted by atomic mass is 10.0. The van der Waals surface area contributed by atoms with Crippen molar-refractivity contribution in [3.63, 3.8) is 0 Å². The van der Waals surface area contributed by atoms with E-state index in [1.54, 1.807) is 11.8 Å². The molecule has 0 aromatic heterocycles. The van der Waals surface area contributed by atoms with Crippen molar-refractivity contribution in [1.82, 2.24) is 5.32 Å². The van der Waals surface area contributed by atoms with E-state index in [1.165, 1.54) is 12.8 Å². The molecule has 1 aliphatic heterocycles. The fourth-order valence-corrected chi connectivity index (χ4v) is 3.38. The third kappa shape index (κ3) is 4.96. The SMILES string of the molecule is CC(C)CC(CCl)NC(=O)C1CCCCS1. The quantitative estimate of drug-likeness (QED) is 0.773. The molecular weight excluding hydrogens is 242 g/mol. The van der Waals surface area contributed by atoms with Gasteiger partial charge in [0.05, 0.1) is 5.25 Å². The van der Waals surface area contributed by atoms with Crippen molar-refractivity contribution in [1.29, 1.82) is 0 Å². The maximum Gasteiger partial charge on any atom is 0.233 e. The van der Waals surface area contributed by atoms with Crippen molar-refractivity contribution in [2.24, 2.45) is 5.92 Å². The second-order valence-corrected chi connectivity index (χ2v) is 6.46. The van der Waals surface area contributed by atoms with Gasteiger partial charge >= 0.3 is 0 Å². The molecule has 0 aliphatic carbocycles. The molecule has 1 heterocycles. The number of alkyl halides is 1. The highest BCUT2D eigenvalue weighted by atomic mass is 35.5. The Morgan fingerprint density at radius 3 is 2.75 bits per heavy atom. The number of nitrogens with one attached hydrogen (secondary N) is 1. The Bertz CT molecular complexity index is 217. The molecule has 4 heteroatoms. The highest BCUT2D eigenvalue weighted by Crippen LogP contribution is 2.25. The van der Waals surface area contributed by atoms with E-state index in [4.69, 9.17) is 11.6 Å². The van der Waals surface area contributed by atoms with Crippen LogP contribution in [0.3, 0.4) is 0 Å². The lowest BCUT2D eigenvalue weighted by Crippen LogP contribution is -2.42. The molecule has 2 nitrogen and oxygen atoms in total. The molecule has 0 aromatic rings. The zero-order chi connectivity index (χ0) is 12.0. The monoisotopic (exact) mass is 263 g/mol. The van der Waals surface area contributed by atoms with E-state index in [1.807, 2.05) is 0 Å². The minimum absolute atomic E-state index is 0.136. The van der Waals surface area contributed by atoms with Gasteiger partial charge < -0.3 is 5.32 Å². The van der Waals surface area contributed by atoms with Crippen LogP contribution in [0.5, 0.6) is 0 Å². The van der Waals surface area contributed by atoms with Crippen LogP contribution in [0.4, 0.5) is 0 Å². The molecule has 0 bridgehead atoms. The summed E-state index contributed by atoms with van der Waals surface area (Å²) in [4.78, 5) is 12.0. The van der Waals surface area contributed by atoms with Crippen LogP contribution in [0, 0.1) is 5.92 Å². The summed E-state index contributed by atoms with van der Waals surface area (Å²) in [6.45, 7) is 4.31. The minimum Gasteiger partial charge on any atom is -0.351 e. The van der Waals surface area contributed by atoms with Crippen molar-refractivity contribution >= 4 is 29.3 Å². The Morgan fingerprint density at radius 1 is 1.50 bits per heavy atom. The van der Waals surface area contributed by atoms with Crippen LogP contribution in [0.25, 0.3) is 0 Å². The summed E-state index contributed by atoms with van der Waals surface area (Å²) in [7, 11) is 0. The Labute approximate surface area is 108 Å². The molecular formula is C12H22ClNOS. The first-order valence-corrected chi connectivity index (χ1v) is 7.69. The van der Waals surface area contributed by atoms with Crippen molar-refractivity contribution < 1.29 is 4.79 Å². The molecule has 1 N–H and O–H groups in total. The Hall–Kier alpha value is 0.110. The summed E-state index contributed by atoms with van der Waals surface area (Å²) in [6.07, 6.45) is 4.42. The van der Waals surface area contributed by atoms with Gasteiger partial charge in [0.1, 0.15) is 0 Å². The van der Waals surface area contributed by atoms with Gasteiger partial charge in [-0.1, -0.05) is 20.3 Å². The van der Waals surface area contributed by atoms with E-state index in [0.717, 1.165) is 18.6 Å². The van der Waals surface area contributed by atoms with Crippen molar-refractivity contribution in [3.05, 3.63) is 0 Å². The third-order valence-electron chi connectivity index (χ3n) is 2.76. The molecule has 0 saturated carbocycles. The molecule has 1 fully saturated rings. The predicted octanol–water partition coefficient (Wildman–Crippen LogP) is 3.04. The van der Waals surface area contributed by atoms with E-state index in [0.29, 0.717) is 11.8 Å². The Balaban J connectivity index is 2.35. The van der Waals surface area contributed by atoms with Gasteiger partial charge in [-0.15, -0.1) is 23.4 Å². The molecule has 1 saturated heterocycles. The molecule has 0 aromatic carbocycles. The second kappa shape index (κ2) is 7.44. The van der Waals surface area contributed by atoms with Gasteiger partial charge in [-0.3, -0.25) is 4.79 Å². The topological polar surface area (TPSA) is 29.1 Å². The molecule has 94 valence electrons. The zero-order valence-corrected chi connectivity index (χ0v) is 11.7. The van der Waals surface area contributed by atoms with Crippen LogP contribution in [-0.2, 0) is 4.79 Å². The van der Waals surface area contributed by atoms with Crippen LogP contribution in [0.15, 0.2) is 0 Å². The van der Waals surface area contributed by atoms with E-state index >= 15 is 0 Å².